The summed E-state index contributed by atoms with van der Waals surface area (Å²) in [5, 5.41) is 86.0. The first-order valence-electron chi connectivity index (χ1n) is 22.4. The SMILES string of the molecule is N[C@H]1[C@@H](O[C@H]2[C@H](O)[C@@H](O)[C@H](O[C@H]3[C@H](OS(=O)(=O)O)[C@@H](N)[C@@H](O[C@H]4[C@H](O)[C@@H](OS(=O)(=O)O)[C@H](O[C@H]5[C@H](OS(=O)(=O)O)[C@@H](OS(=O)(=O)O)[C@@H](O)O[C@@H]5COS(=O)(=O)O)O[C@H]4C(=O)O)O[C@@H]3COS(=O)(=O)O)O[C@@H]2C(=O)O)O[C@H](COS(=O)(=O)O)[C@@H](O)[C@@H]1O. The van der Waals surface area contributed by atoms with Gasteiger partial charge in [0.2, 0.25) is 0 Å². The third-order valence-corrected chi connectivity index (χ3v) is 15.0. The predicted molar refractivity (Wildman–Crippen MR) is 244 cm³/mol. The van der Waals surface area contributed by atoms with Crippen LogP contribution in [0.4, 0.5) is 0 Å². The molecule has 0 aliphatic carbocycles. The summed E-state index contributed by atoms with van der Waals surface area (Å²) < 4.78 is 309. The van der Waals surface area contributed by atoms with Crippen molar-refractivity contribution in [1.29, 1.82) is 0 Å². The van der Waals surface area contributed by atoms with Gasteiger partial charge in [-0.2, -0.15) is 58.9 Å². The Kier molecular flexibility index (Phi) is 24.2. The highest BCUT2D eigenvalue weighted by atomic mass is 32.3. The molecule has 5 saturated heterocycles. The molecule has 5 heterocycles. The van der Waals surface area contributed by atoms with Crippen molar-refractivity contribution >= 4 is 84.7 Å². The Morgan fingerprint density at radius 1 is 0.337 bits per heavy atom. The normalized spacial score (nSPS) is 40.0. The summed E-state index contributed by atoms with van der Waals surface area (Å²) in [5.41, 5.74) is 12.0. The predicted octanol–water partition coefficient (Wildman–Crippen LogP) is -13.0. The zero-order valence-electron chi connectivity index (χ0n) is 41.3. The summed E-state index contributed by atoms with van der Waals surface area (Å²) in [4.78, 5) is 25.5. The lowest BCUT2D eigenvalue weighted by Crippen LogP contribution is -2.70. The largest absolute Gasteiger partial charge is 0.479 e. The summed E-state index contributed by atoms with van der Waals surface area (Å²) in [6.45, 7) is -4.88. The fourth-order valence-corrected chi connectivity index (χ4v) is 11.3. The summed E-state index contributed by atoms with van der Waals surface area (Å²) in [6.07, 6.45) is -64.0. The van der Waals surface area contributed by atoms with Crippen molar-refractivity contribution < 1.29 is 213 Å². The van der Waals surface area contributed by atoms with Crippen LogP contribution in [-0.2, 0) is 154 Å². The zero-order chi connectivity index (χ0) is 65.5. The van der Waals surface area contributed by atoms with E-state index in [1.165, 1.54) is 0 Å². The molecule has 0 aromatic rings. The van der Waals surface area contributed by atoms with Gasteiger partial charge < -0.3 is 95.0 Å². The van der Waals surface area contributed by atoms with Gasteiger partial charge in [0.15, 0.2) is 55.9 Å². The molecule has 5 fully saturated rings. The van der Waals surface area contributed by atoms with Gasteiger partial charge in [-0.25, -0.2) is 38.9 Å². The van der Waals surface area contributed by atoms with Crippen LogP contribution in [0.25, 0.3) is 0 Å². The number of carboxylic acids is 2. The maximum atomic E-state index is 12.9. The molecule has 0 aromatic heterocycles. The molecule has 19 N–H and O–H groups in total. The molecule has 0 amide bonds. The van der Waals surface area contributed by atoms with Crippen molar-refractivity contribution in [2.24, 2.45) is 11.5 Å². The van der Waals surface area contributed by atoms with Crippen molar-refractivity contribution in [2.45, 2.75) is 153 Å². The van der Waals surface area contributed by atoms with E-state index in [-0.39, 0.29) is 0 Å². The highest BCUT2D eigenvalue weighted by Gasteiger charge is 2.61. The van der Waals surface area contributed by atoms with Crippen molar-refractivity contribution in [2.75, 3.05) is 19.8 Å². The highest BCUT2D eigenvalue weighted by molar-refractivity contribution is 7.82. The van der Waals surface area contributed by atoms with Crippen LogP contribution in [0.5, 0.6) is 0 Å². The van der Waals surface area contributed by atoms with Crippen LogP contribution in [0, 0.1) is 0 Å². The van der Waals surface area contributed by atoms with Gasteiger partial charge in [0.25, 0.3) is 0 Å². The van der Waals surface area contributed by atoms with Gasteiger partial charge in [-0.15, -0.1) is 0 Å². The van der Waals surface area contributed by atoms with E-state index >= 15 is 0 Å². The molecule has 0 unspecified atom stereocenters. The molecule has 0 aromatic carbocycles. The van der Waals surface area contributed by atoms with E-state index in [0.29, 0.717) is 0 Å². The molecule has 0 bridgehead atoms. The maximum absolute atomic E-state index is 12.9. The van der Waals surface area contributed by atoms with Crippen molar-refractivity contribution in [1.82, 2.24) is 0 Å². The summed E-state index contributed by atoms with van der Waals surface area (Å²) in [6, 6.07) is -4.64. The van der Waals surface area contributed by atoms with Crippen LogP contribution in [0.1, 0.15) is 0 Å². The second kappa shape index (κ2) is 28.1. The van der Waals surface area contributed by atoms with E-state index in [1.54, 1.807) is 0 Å². The van der Waals surface area contributed by atoms with E-state index in [0.717, 1.165) is 0 Å². The number of rotatable bonds is 27. The molecule has 25 atom stereocenters. The van der Waals surface area contributed by atoms with Gasteiger partial charge >= 0.3 is 84.7 Å². The minimum atomic E-state index is -6.17. The van der Waals surface area contributed by atoms with Crippen LogP contribution >= 0.6 is 0 Å². The minimum Gasteiger partial charge on any atom is -0.479 e. The number of aliphatic carboxylic acids is 2. The monoisotopic (exact) mass is 1410 g/mol. The molecule has 0 saturated carbocycles. The Balaban J connectivity index is 1.53. The van der Waals surface area contributed by atoms with Gasteiger partial charge in [-0.3, -0.25) is 31.9 Å². The molecule has 0 spiro atoms. The average Bonchev–Trinajstić information content (AvgIpc) is 0.824. The molecule has 504 valence electrons. The number of aliphatic hydroxyl groups excluding tert-OH is 6. The molecule has 5 rings (SSSR count). The van der Waals surface area contributed by atoms with Gasteiger partial charge in [0.05, 0.1) is 31.9 Å². The van der Waals surface area contributed by atoms with Crippen LogP contribution in [-0.4, -0.2) is 317 Å². The minimum absolute atomic E-state index is 1.29. The Morgan fingerprint density at radius 3 is 1.14 bits per heavy atom. The molecule has 49 nitrogen and oxygen atoms in total. The van der Waals surface area contributed by atoms with Gasteiger partial charge in [0, 0.05) is 0 Å². The smallest absolute Gasteiger partial charge is 0.397 e. The number of carbonyl (C=O) groups is 2. The van der Waals surface area contributed by atoms with E-state index in [1.807, 2.05) is 0 Å². The van der Waals surface area contributed by atoms with Crippen LogP contribution in [0.15, 0.2) is 0 Å². The summed E-state index contributed by atoms with van der Waals surface area (Å²) >= 11 is 0. The third-order valence-electron chi connectivity index (χ3n) is 11.8. The molecule has 0 radical (unpaired) electrons. The van der Waals surface area contributed by atoms with E-state index in [9.17, 15) is 137 Å². The molecular weight excluding hydrogens is 1360 g/mol. The number of ether oxygens (including phenoxy) is 9. The molecular formula is C30H50N2O47S7. The zero-order valence-corrected chi connectivity index (χ0v) is 47.1. The average molecular weight is 1420 g/mol. The second-order valence-electron chi connectivity index (χ2n) is 17.8. The highest BCUT2D eigenvalue weighted by Crippen LogP contribution is 2.39. The molecule has 56 heteroatoms. The van der Waals surface area contributed by atoms with Crippen LogP contribution in [0.3, 0.4) is 0 Å². The maximum Gasteiger partial charge on any atom is 0.397 e. The van der Waals surface area contributed by atoms with Crippen LogP contribution in [0.2, 0.25) is 0 Å². The first kappa shape index (κ1) is 74.1. The molecule has 86 heavy (non-hydrogen) atoms. The standard InChI is InChI=1S/C30H50N2O47S7/c31-7-10(34)9(33)4(1-64-80(43,44)45)68-27(7)72-17-11(35)12(36)29(74-21(17)24(38)39)70-14-6(3-66-82(49,50)51)69-28(8(32)16(14)76-83(52,53)54)73-18-13(37)19(77-84(55,56)57)30(75-22(18)25(40)41)71-15-5(2-65-81(46,47)48)67-26(42)23(79-86(61,62)63)20(15)78-85(58,59)60/h4-23,26-30,33-37,42H,1-3,31-32H2,(H,38,39)(H,40,41)(H,43,44,45)(H,46,47,48)(H,49,50,51)(H,52,53,54)(H,55,56,57)(H,58,59,60)(H,61,62,63)/t4-,5-,6-,7-,8-,9-,10-,11-,12-,13+,14-,15-,16-,17+,18+,19-,20+,21+,22-,23-,26+,27-,28-,29-,30-/m1/s1. The van der Waals surface area contributed by atoms with Gasteiger partial charge in [0.1, 0.15) is 85.5 Å². The van der Waals surface area contributed by atoms with E-state index in [4.69, 9.17) is 58.7 Å². The van der Waals surface area contributed by atoms with Gasteiger partial charge in [-0.1, -0.05) is 0 Å². The van der Waals surface area contributed by atoms with Crippen LogP contribution < -0.4 is 11.5 Å². The third kappa shape index (κ3) is 20.7. The Morgan fingerprint density at radius 2 is 0.686 bits per heavy atom. The molecule has 5 aliphatic rings. The van der Waals surface area contributed by atoms with E-state index in [2.05, 4.69) is 29.3 Å². The number of nitrogens with two attached hydrogens (primary N) is 2. The lowest BCUT2D eigenvalue weighted by molar-refractivity contribution is -0.373. The topological polar surface area (TPSA) is 776 Å². The first-order valence-corrected chi connectivity index (χ1v) is 31.9. The van der Waals surface area contributed by atoms with Gasteiger partial charge in [-0.05, 0) is 0 Å². The lowest BCUT2D eigenvalue weighted by atomic mass is 9.94. The Hall–Kier alpha value is -2.65. The second-order valence-corrected chi connectivity index (χ2v) is 25.2. The molecule has 5 aliphatic heterocycles. The van der Waals surface area contributed by atoms with Crippen molar-refractivity contribution in [3.8, 4) is 0 Å². The van der Waals surface area contributed by atoms with Crippen molar-refractivity contribution in [3.63, 3.8) is 0 Å². The van der Waals surface area contributed by atoms with E-state index < -0.39 is 258 Å². The first-order chi connectivity index (χ1) is 38.9. The fraction of sp³-hybridized carbons (Fsp3) is 0.933. The quantitative estimate of drug-likeness (QED) is 0.0340. The Labute approximate surface area is 480 Å². The van der Waals surface area contributed by atoms with Crippen molar-refractivity contribution in [3.05, 3.63) is 0 Å². The lowest BCUT2D eigenvalue weighted by Gasteiger charge is -2.50. The number of carboxylic acid groups (broad SMARTS) is 2. The number of hydrogen-bond donors (Lipinski definition) is 17. The number of aliphatic hydroxyl groups is 6. The number of hydrogen-bond acceptors (Lipinski definition) is 40. The summed E-state index contributed by atoms with van der Waals surface area (Å²) in [5.74, 6) is -4.67. The Bertz CT molecular complexity index is 3190. The fourth-order valence-electron chi connectivity index (χ4n) is 8.41. The summed E-state index contributed by atoms with van der Waals surface area (Å²) in [7, 11) is -41.0.